The van der Waals surface area contributed by atoms with Crippen molar-refractivity contribution in [2.24, 2.45) is 0 Å². The van der Waals surface area contributed by atoms with Crippen LogP contribution in [0.3, 0.4) is 0 Å². The second kappa shape index (κ2) is 16.1. The lowest BCUT2D eigenvalue weighted by atomic mass is 9.74. The minimum atomic E-state index is -2.01. The Morgan fingerprint density at radius 3 is 1.06 bits per heavy atom. The lowest BCUT2D eigenvalue weighted by Gasteiger charge is -2.36. The SMILES string of the molecule is CC(C)(C)c1ccc2c(c1-c1cccc(-c3c(-c4ccccc4)c(-c4ccccc4)c(-c4ccccc4)c(-c4ccccc4)c3-c3ccccc3)c1)Sc1ccccc1[Si]2(C)C. The van der Waals surface area contributed by atoms with Crippen molar-refractivity contribution in [2.45, 2.75) is 49.1 Å². The molecular formula is C60H50SSi. The lowest BCUT2D eigenvalue weighted by Crippen LogP contribution is -2.56. The van der Waals surface area contributed by atoms with Crippen molar-refractivity contribution in [1.82, 2.24) is 0 Å². The van der Waals surface area contributed by atoms with Crippen LogP contribution in [-0.4, -0.2) is 8.07 Å². The molecule has 0 radical (unpaired) electrons. The minimum absolute atomic E-state index is 0.0771. The highest BCUT2D eigenvalue weighted by Crippen LogP contribution is 2.56. The molecule has 0 atom stereocenters. The van der Waals surface area contributed by atoms with Gasteiger partial charge in [-0.3, -0.25) is 0 Å². The van der Waals surface area contributed by atoms with Crippen LogP contribution in [0.4, 0.5) is 0 Å². The second-order valence-electron chi connectivity index (χ2n) is 18.0. The molecule has 9 aromatic carbocycles. The lowest BCUT2D eigenvalue weighted by molar-refractivity contribution is 0.591. The average molecular weight is 831 g/mol. The van der Waals surface area contributed by atoms with E-state index >= 15 is 0 Å². The summed E-state index contributed by atoms with van der Waals surface area (Å²) in [7, 11) is -2.01. The van der Waals surface area contributed by atoms with Crippen LogP contribution in [-0.2, 0) is 5.41 Å². The van der Waals surface area contributed by atoms with Crippen molar-refractivity contribution >= 4 is 30.2 Å². The fourth-order valence-electron chi connectivity index (χ4n) is 9.76. The van der Waals surface area contributed by atoms with Crippen LogP contribution in [0.15, 0.2) is 222 Å². The van der Waals surface area contributed by atoms with Gasteiger partial charge >= 0.3 is 0 Å². The molecule has 10 rings (SSSR count). The zero-order chi connectivity index (χ0) is 42.4. The Morgan fingerprint density at radius 2 is 0.661 bits per heavy atom. The molecule has 0 bridgehead atoms. The molecule has 0 saturated heterocycles. The van der Waals surface area contributed by atoms with Crippen molar-refractivity contribution in [1.29, 1.82) is 0 Å². The summed E-state index contributed by atoms with van der Waals surface area (Å²) in [5.41, 5.74) is 18.5. The van der Waals surface area contributed by atoms with Gasteiger partial charge in [0, 0.05) is 9.79 Å². The molecule has 62 heavy (non-hydrogen) atoms. The first-order chi connectivity index (χ1) is 30.2. The molecule has 0 nitrogen and oxygen atoms in total. The molecule has 1 heterocycles. The first kappa shape index (κ1) is 39.7. The van der Waals surface area contributed by atoms with Gasteiger partial charge in [-0.25, -0.2) is 0 Å². The van der Waals surface area contributed by atoms with E-state index in [9.17, 15) is 0 Å². The van der Waals surface area contributed by atoms with E-state index in [0.717, 1.165) is 0 Å². The molecule has 300 valence electrons. The quantitative estimate of drug-likeness (QED) is 0.144. The highest BCUT2D eigenvalue weighted by molar-refractivity contribution is 8.00. The number of hydrogen-bond acceptors (Lipinski definition) is 1. The van der Waals surface area contributed by atoms with Gasteiger partial charge in [-0.2, -0.15) is 0 Å². The predicted octanol–water partition coefficient (Wildman–Crippen LogP) is 15.9. The van der Waals surface area contributed by atoms with Crippen molar-refractivity contribution in [3.05, 3.63) is 218 Å². The van der Waals surface area contributed by atoms with Crippen LogP contribution in [0.1, 0.15) is 26.3 Å². The zero-order valence-electron chi connectivity index (χ0n) is 36.1. The molecule has 0 N–H and O–H groups in total. The monoisotopic (exact) mass is 830 g/mol. The molecule has 2 heteroatoms. The number of fused-ring (bicyclic) bond motifs is 2. The second-order valence-corrected chi connectivity index (χ2v) is 23.4. The number of rotatable bonds is 7. The van der Waals surface area contributed by atoms with E-state index in [2.05, 4.69) is 246 Å². The van der Waals surface area contributed by atoms with E-state index in [4.69, 9.17) is 0 Å². The van der Waals surface area contributed by atoms with Crippen LogP contribution < -0.4 is 10.4 Å². The van der Waals surface area contributed by atoms with Gasteiger partial charge in [-0.1, -0.05) is 246 Å². The van der Waals surface area contributed by atoms with E-state index < -0.39 is 8.07 Å². The smallest absolute Gasteiger partial charge is 0.0897 e. The average Bonchev–Trinajstić information content (AvgIpc) is 3.31. The molecule has 0 aromatic heterocycles. The Balaban J connectivity index is 1.39. The maximum absolute atomic E-state index is 2.53. The van der Waals surface area contributed by atoms with Gasteiger partial charge in [0.2, 0.25) is 0 Å². The van der Waals surface area contributed by atoms with Crippen molar-refractivity contribution in [3.63, 3.8) is 0 Å². The summed E-state index contributed by atoms with van der Waals surface area (Å²) in [5, 5.41) is 3.05. The van der Waals surface area contributed by atoms with Crippen LogP contribution in [0.5, 0.6) is 0 Å². The maximum Gasteiger partial charge on any atom is 0.115 e. The Morgan fingerprint density at radius 1 is 0.323 bits per heavy atom. The van der Waals surface area contributed by atoms with E-state index in [1.165, 1.54) is 104 Å². The zero-order valence-corrected chi connectivity index (χ0v) is 37.9. The standard InChI is InChI=1S/C60H50SSi/c1-60(2,3)48-38-39-51-59(61-49-36-21-22-37-50(49)62(51,4)5)52(48)46-34-23-35-47(40-46)58-56(44-30-17-9-18-31-44)54(42-26-13-7-14-27-42)53(41-24-11-6-12-25-41)55(43-28-15-8-16-29-43)57(58)45-32-19-10-20-33-45/h6-40H,1-5H3. The Bertz CT molecular complexity index is 2950. The van der Waals surface area contributed by atoms with Crippen LogP contribution in [0.2, 0.25) is 13.1 Å². The van der Waals surface area contributed by atoms with E-state index in [1.54, 1.807) is 0 Å². The summed E-state index contributed by atoms with van der Waals surface area (Å²) >= 11 is 1.97. The summed E-state index contributed by atoms with van der Waals surface area (Å²) in [6.45, 7) is 12.2. The van der Waals surface area contributed by atoms with E-state index in [1.807, 2.05) is 11.8 Å². The van der Waals surface area contributed by atoms with Gasteiger partial charge in [0.05, 0.1) is 0 Å². The third kappa shape index (κ3) is 6.98. The van der Waals surface area contributed by atoms with Gasteiger partial charge in [-0.15, -0.1) is 0 Å². The predicted molar refractivity (Wildman–Crippen MR) is 271 cm³/mol. The highest BCUT2D eigenvalue weighted by Gasteiger charge is 2.38. The van der Waals surface area contributed by atoms with Gasteiger partial charge < -0.3 is 0 Å². The molecule has 1 aliphatic rings. The van der Waals surface area contributed by atoms with Gasteiger partial charge in [-0.05, 0) is 111 Å². The fourth-order valence-corrected chi connectivity index (χ4v) is 15.3. The minimum Gasteiger partial charge on any atom is -0.0897 e. The van der Waals surface area contributed by atoms with Gasteiger partial charge in [0.1, 0.15) is 8.07 Å². The highest BCUT2D eigenvalue weighted by atomic mass is 32.2. The Labute approximate surface area is 373 Å². The van der Waals surface area contributed by atoms with Gasteiger partial charge in [0.15, 0.2) is 0 Å². The summed E-state index contributed by atoms with van der Waals surface area (Å²) in [5.74, 6) is 0. The third-order valence-electron chi connectivity index (χ3n) is 12.7. The maximum atomic E-state index is 2.53. The number of hydrogen-bond donors (Lipinski definition) is 0. The van der Waals surface area contributed by atoms with E-state index in [-0.39, 0.29) is 5.41 Å². The van der Waals surface area contributed by atoms with Gasteiger partial charge in [0.25, 0.3) is 0 Å². The van der Waals surface area contributed by atoms with Crippen LogP contribution in [0, 0.1) is 0 Å². The summed E-state index contributed by atoms with van der Waals surface area (Å²) < 4.78 is 0. The molecule has 0 amide bonds. The first-order valence-electron chi connectivity index (χ1n) is 21.8. The van der Waals surface area contributed by atoms with Crippen molar-refractivity contribution < 1.29 is 0 Å². The van der Waals surface area contributed by atoms with Crippen molar-refractivity contribution in [3.8, 4) is 77.9 Å². The molecule has 0 unspecified atom stereocenters. The molecular weight excluding hydrogens is 781 g/mol. The Kier molecular flexibility index (Phi) is 10.3. The van der Waals surface area contributed by atoms with Crippen LogP contribution >= 0.6 is 11.8 Å². The van der Waals surface area contributed by atoms with E-state index in [0.29, 0.717) is 0 Å². The normalized spacial score (nSPS) is 13.0. The fraction of sp³-hybridized carbons (Fsp3) is 0.100. The molecule has 0 aliphatic carbocycles. The summed E-state index contributed by atoms with van der Waals surface area (Å²) in [6.07, 6.45) is 0. The molecule has 0 fully saturated rings. The largest absolute Gasteiger partial charge is 0.115 e. The molecule has 0 saturated carbocycles. The first-order valence-corrected chi connectivity index (χ1v) is 25.6. The number of benzene rings is 9. The summed E-state index contributed by atoms with van der Waals surface area (Å²) in [6, 6.07) is 79.0. The summed E-state index contributed by atoms with van der Waals surface area (Å²) in [4.78, 5) is 2.82. The van der Waals surface area contributed by atoms with Crippen molar-refractivity contribution in [2.75, 3.05) is 0 Å². The molecule has 1 aliphatic heterocycles. The molecule has 0 spiro atoms. The van der Waals surface area contributed by atoms with Crippen LogP contribution in [0.25, 0.3) is 77.9 Å². The molecule has 9 aromatic rings. The topological polar surface area (TPSA) is 0 Å². The third-order valence-corrected chi connectivity index (χ3v) is 17.8. The Hall–Kier alpha value is -6.45.